The van der Waals surface area contributed by atoms with Crippen molar-refractivity contribution in [1.82, 2.24) is 5.32 Å². The summed E-state index contributed by atoms with van der Waals surface area (Å²) in [5, 5.41) is 11.6. The van der Waals surface area contributed by atoms with Crippen LogP contribution < -0.4 is 10.1 Å². The van der Waals surface area contributed by atoms with E-state index in [1.165, 1.54) is 0 Å². The number of benzene rings is 1. The third-order valence-corrected chi connectivity index (χ3v) is 3.44. The molecule has 0 saturated carbocycles. The molecule has 2 unspecified atom stereocenters. The number of amides is 1. The Labute approximate surface area is 123 Å². The van der Waals surface area contributed by atoms with Crippen molar-refractivity contribution in [2.45, 2.75) is 26.3 Å². The van der Waals surface area contributed by atoms with Crippen molar-refractivity contribution in [1.29, 1.82) is 0 Å². The third kappa shape index (κ3) is 4.08. The van der Waals surface area contributed by atoms with Gasteiger partial charge in [-0.2, -0.15) is 0 Å². The zero-order valence-electron chi connectivity index (χ0n) is 12.1. The van der Waals surface area contributed by atoms with E-state index >= 15 is 0 Å². The number of carbonyl (C=O) groups excluding carboxylic acids is 1. The lowest BCUT2D eigenvalue weighted by atomic mass is 10.1. The molecular weight excluding hydrogens is 270 g/mol. The molecule has 5 nitrogen and oxygen atoms in total. The Balaban J connectivity index is 1.81. The molecule has 1 amide bonds. The van der Waals surface area contributed by atoms with E-state index < -0.39 is 11.9 Å². The number of rotatable bonds is 5. The highest BCUT2D eigenvalue weighted by Gasteiger charge is 2.25. The number of hydrogen-bond donors (Lipinski definition) is 2. The number of carbonyl (C=O) groups is 2. The fourth-order valence-corrected chi connectivity index (χ4v) is 2.34. The first-order chi connectivity index (χ1) is 9.95. The maximum absolute atomic E-state index is 11.8. The Hall–Kier alpha value is -2.30. The molecule has 112 valence electrons. The van der Waals surface area contributed by atoms with Crippen molar-refractivity contribution in [2.75, 3.05) is 6.61 Å². The molecule has 0 radical (unpaired) electrons. The maximum atomic E-state index is 11.8. The number of ether oxygens (including phenoxy) is 1. The van der Waals surface area contributed by atoms with Gasteiger partial charge in [0.25, 0.3) is 5.91 Å². The molecule has 0 saturated heterocycles. The van der Waals surface area contributed by atoms with Gasteiger partial charge in [0.2, 0.25) is 0 Å². The van der Waals surface area contributed by atoms with E-state index in [1.54, 1.807) is 12.2 Å². The second-order valence-electron chi connectivity index (χ2n) is 5.30. The first-order valence-corrected chi connectivity index (χ1v) is 6.86. The summed E-state index contributed by atoms with van der Waals surface area (Å²) in [6.07, 6.45) is 3.72. The quantitative estimate of drug-likeness (QED) is 0.811. The number of carboxylic acid groups (broad SMARTS) is 1. The molecule has 1 aliphatic rings. The molecule has 0 spiro atoms. The monoisotopic (exact) mass is 289 g/mol. The predicted octanol–water partition coefficient (Wildman–Crippen LogP) is 1.83. The van der Waals surface area contributed by atoms with E-state index in [4.69, 9.17) is 9.84 Å². The lowest BCUT2D eigenvalue weighted by Crippen LogP contribution is -2.36. The summed E-state index contributed by atoms with van der Waals surface area (Å²) in [6, 6.07) is 5.52. The molecule has 5 heteroatoms. The molecule has 0 aliphatic heterocycles. The van der Waals surface area contributed by atoms with Crippen LogP contribution in [0.2, 0.25) is 0 Å². The fourth-order valence-electron chi connectivity index (χ4n) is 2.34. The van der Waals surface area contributed by atoms with Crippen LogP contribution in [0.4, 0.5) is 0 Å². The summed E-state index contributed by atoms with van der Waals surface area (Å²) in [5.74, 6) is -0.957. The molecule has 0 aromatic heterocycles. The van der Waals surface area contributed by atoms with Crippen molar-refractivity contribution in [3.05, 3.63) is 41.5 Å². The van der Waals surface area contributed by atoms with E-state index in [2.05, 4.69) is 5.32 Å². The van der Waals surface area contributed by atoms with Crippen molar-refractivity contribution >= 4 is 11.9 Å². The average molecular weight is 289 g/mol. The number of hydrogen-bond acceptors (Lipinski definition) is 3. The van der Waals surface area contributed by atoms with Crippen molar-refractivity contribution in [3.8, 4) is 5.75 Å². The summed E-state index contributed by atoms with van der Waals surface area (Å²) in [7, 11) is 0. The van der Waals surface area contributed by atoms with Crippen LogP contribution in [-0.2, 0) is 9.59 Å². The first kappa shape index (κ1) is 15.1. The molecule has 0 heterocycles. The van der Waals surface area contributed by atoms with Crippen LogP contribution >= 0.6 is 0 Å². The number of nitrogens with one attached hydrogen (secondary N) is 1. The van der Waals surface area contributed by atoms with Crippen LogP contribution in [-0.4, -0.2) is 29.6 Å². The second kappa shape index (κ2) is 6.43. The van der Waals surface area contributed by atoms with Crippen LogP contribution in [0.3, 0.4) is 0 Å². The van der Waals surface area contributed by atoms with E-state index in [9.17, 15) is 9.59 Å². The van der Waals surface area contributed by atoms with Gasteiger partial charge in [-0.05, 0) is 31.9 Å². The van der Waals surface area contributed by atoms with Crippen molar-refractivity contribution in [3.63, 3.8) is 0 Å². The molecule has 1 aliphatic carbocycles. The van der Waals surface area contributed by atoms with Crippen molar-refractivity contribution < 1.29 is 19.4 Å². The SMILES string of the molecule is Cc1ccc(OCC(=O)NC2C=CC(C(=O)O)C2)c(C)c1. The molecule has 2 N–H and O–H groups in total. The minimum Gasteiger partial charge on any atom is -0.484 e. The molecule has 0 fully saturated rings. The van der Waals surface area contributed by atoms with Gasteiger partial charge < -0.3 is 15.2 Å². The van der Waals surface area contributed by atoms with Crippen molar-refractivity contribution in [2.24, 2.45) is 5.92 Å². The van der Waals surface area contributed by atoms with Gasteiger partial charge >= 0.3 is 5.97 Å². The Bertz CT molecular complexity index is 580. The van der Waals surface area contributed by atoms with Gasteiger partial charge in [-0.15, -0.1) is 0 Å². The minimum atomic E-state index is -0.866. The fraction of sp³-hybridized carbons (Fsp3) is 0.375. The molecule has 2 rings (SSSR count). The van der Waals surface area contributed by atoms with Gasteiger partial charge in [0.15, 0.2) is 6.61 Å². The summed E-state index contributed by atoms with van der Waals surface area (Å²) in [4.78, 5) is 22.6. The highest BCUT2D eigenvalue weighted by molar-refractivity contribution is 5.79. The average Bonchev–Trinajstić information content (AvgIpc) is 2.86. The zero-order valence-corrected chi connectivity index (χ0v) is 12.1. The third-order valence-electron chi connectivity index (χ3n) is 3.44. The molecule has 0 bridgehead atoms. The van der Waals surface area contributed by atoms with Crippen LogP contribution in [0.1, 0.15) is 17.5 Å². The standard InChI is InChI=1S/C16H19NO4/c1-10-3-6-14(11(2)7-10)21-9-15(18)17-13-5-4-12(8-13)16(19)20/h3-7,12-13H,8-9H2,1-2H3,(H,17,18)(H,19,20). The van der Waals surface area contributed by atoms with Crippen LogP contribution in [0.15, 0.2) is 30.4 Å². The van der Waals surface area contributed by atoms with E-state index in [-0.39, 0.29) is 18.6 Å². The summed E-state index contributed by atoms with van der Waals surface area (Å²) < 4.78 is 5.49. The summed E-state index contributed by atoms with van der Waals surface area (Å²) >= 11 is 0. The van der Waals surface area contributed by atoms with E-state index in [0.717, 1.165) is 11.1 Å². The normalized spacial score (nSPS) is 20.3. The molecule has 21 heavy (non-hydrogen) atoms. The van der Waals surface area contributed by atoms with Gasteiger partial charge in [0, 0.05) is 6.04 Å². The lowest BCUT2D eigenvalue weighted by Gasteiger charge is -2.13. The predicted molar refractivity (Wildman–Crippen MR) is 78.2 cm³/mol. The second-order valence-corrected chi connectivity index (χ2v) is 5.30. The van der Waals surface area contributed by atoms with Crippen LogP contribution in [0, 0.1) is 19.8 Å². The maximum Gasteiger partial charge on any atom is 0.310 e. The highest BCUT2D eigenvalue weighted by Crippen LogP contribution is 2.19. The molecule has 1 aromatic carbocycles. The molecule has 1 aromatic rings. The van der Waals surface area contributed by atoms with E-state index in [1.807, 2.05) is 32.0 Å². The minimum absolute atomic E-state index is 0.0774. The van der Waals surface area contributed by atoms with Gasteiger partial charge in [-0.3, -0.25) is 9.59 Å². The molecule has 2 atom stereocenters. The zero-order chi connectivity index (χ0) is 15.4. The van der Waals surface area contributed by atoms with Gasteiger partial charge in [0.1, 0.15) is 5.75 Å². The summed E-state index contributed by atoms with van der Waals surface area (Å²) in [5.41, 5.74) is 2.12. The number of aryl methyl sites for hydroxylation is 2. The Morgan fingerprint density at radius 1 is 1.33 bits per heavy atom. The lowest BCUT2D eigenvalue weighted by molar-refractivity contribution is -0.140. The van der Waals surface area contributed by atoms with Gasteiger partial charge in [0.05, 0.1) is 5.92 Å². The highest BCUT2D eigenvalue weighted by atomic mass is 16.5. The van der Waals surface area contributed by atoms with Gasteiger partial charge in [-0.1, -0.05) is 29.8 Å². The number of aliphatic carboxylic acids is 1. The van der Waals surface area contributed by atoms with Crippen LogP contribution in [0.25, 0.3) is 0 Å². The topological polar surface area (TPSA) is 75.6 Å². The first-order valence-electron chi connectivity index (χ1n) is 6.86. The largest absolute Gasteiger partial charge is 0.484 e. The van der Waals surface area contributed by atoms with Gasteiger partial charge in [-0.25, -0.2) is 0 Å². The van der Waals surface area contributed by atoms with Crippen LogP contribution in [0.5, 0.6) is 5.75 Å². The Kier molecular flexibility index (Phi) is 4.62. The summed E-state index contributed by atoms with van der Waals surface area (Å²) in [6.45, 7) is 3.85. The smallest absolute Gasteiger partial charge is 0.310 e. The number of carboxylic acids is 1. The Morgan fingerprint density at radius 3 is 2.71 bits per heavy atom. The Morgan fingerprint density at radius 2 is 2.10 bits per heavy atom. The molecular formula is C16H19NO4. The van der Waals surface area contributed by atoms with E-state index in [0.29, 0.717) is 12.2 Å².